The summed E-state index contributed by atoms with van der Waals surface area (Å²) in [5.74, 6) is -1.26. The highest BCUT2D eigenvalue weighted by Gasteiger charge is 2.34. The van der Waals surface area contributed by atoms with Crippen molar-refractivity contribution in [2.75, 3.05) is 0 Å². The molecule has 4 nitrogen and oxygen atoms in total. The molecule has 0 aliphatic carbocycles. The number of benzene rings is 6. The van der Waals surface area contributed by atoms with Gasteiger partial charge < -0.3 is 8.83 Å². The van der Waals surface area contributed by atoms with Crippen LogP contribution in [0.2, 0.25) is 0 Å². The van der Waals surface area contributed by atoms with Gasteiger partial charge in [0.2, 0.25) is 0 Å². The van der Waals surface area contributed by atoms with Crippen LogP contribution in [-0.2, 0) is 7.05 Å². The van der Waals surface area contributed by atoms with Crippen LogP contribution in [0.15, 0.2) is 118 Å². The van der Waals surface area contributed by atoms with Gasteiger partial charge in [-0.1, -0.05) is 107 Å². The first kappa shape index (κ1) is 25.4. The van der Waals surface area contributed by atoms with E-state index in [1.807, 2.05) is 121 Å². The zero-order valence-corrected chi connectivity index (χ0v) is 29.1. The third-order valence-corrected chi connectivity index (χ3v) is 10.2. The van der Waals surface area contributed by atoms with Crippen molar-refractivity contribution in [3.63, 3.8) is 0 Å². The van der Waals surface area contributed by atoms with Gasteiger partial charge in [-0.2, -0.15) is 4.57 Å². The van der Waals surface area contributed by atoms with E-state index < -0.39 is 18.6 Å². The number of aryl methyl sites for hydroxylation is 3. The van der Waals surface area contributed by atoms with Gasteiger partial charge >= 0.3 is 0 Å². The number of hydrogen-bond acceptors (Lipinski definition) is 2. The van der Waals surface area contributed by atoms with Gasteiger partial charge in [0.05, 0.1) is 7.05 Å². The Morgan fingerprint density at radius 3 is 2.16 bits per heavy atom. The molecule has 0 spiro atoms. The molecule has 6 aromatic carbocycles. The molecule has 0 radical (unpaired) electrons. The topological polar surface area (TPSA) is 35.1 Å². The Kier molecular flexibility index (Phi) is 5.69. The van der Waals surface area contributed by atoms with Crippen LogP contribution in [0.4, 0.5) is 0 Å². The second-order valence-electron chi connectivity index (χ2n) is 13.8. The molecule has 0 aliphatic heterocycles. The maximum atomic E-state index is 9.30. The fraction of sp³-hybridized carbons (Fsp3) is 0.196. The second-order valence-corrected chi connectivity index (χ2v) is 13.8. The Morgan fingerprint density at radius 2 is 1.38 bits per heavy atom. The van der Waals surface area contributed by atoms with E-state index in [1.54, 1.807) is 6.07 Å². The summed E-state index contributed by atoms with van der Waals surface area (Å²) in [6, 6.07) is 35.8. The van der Waals surface area contributed by atoms with E-state index in [0.29, 0.717) is 21.9 Å². The number of imidazole rings is 1. The summed E-state index contributed by atoms with van der Waals surface area (Å²) >= 11 is 0. The standard InChI is InChI=1S/C46H41N2O2/c1-26(2)31-15-12-16-32(27(3)4)43(31)48-38-20-10-9-19-37(38)47(7)46(48)42-29(6)24-28(5)41-36-23-22-30(25-40(36)50-45(41)42)33-17-13-18-35-34-14-8-11-21-39(34)49-44(33)35/h8-27H,1-7H3/q+1/i5D3,26D,27D. The van der Waals surface area contributed by atoms with Crippen LogP contribution in [0.3, 0.4) is 0 Å². The van der Waals surface area contributed by atoms with Gasteiger partial charge in [0.15, 0.2) is 16.6 Å². The molecule has 0 amide bonds. The molecule has 3 heterocycles. The van der Waals surface area contributed by atoms with Crippen molar-refractivity contribution in [3.8, 4) is 28.2 Å². The molecule has 0 aliphatic rings. The largest absolute Gasteiger partial charge is 0.455 e. The maximum Gasteiger partial charge on any atom is 0.299 e. The van der Waals surface area contributed by atoms with Crippen molar-refractivity contribution in [3.05, 3.63) is 131 Å². The van der Waals surface area contributed by atoms with Crippen molar-refractivity contribution in [2.45, 2.75) is 53.3 Å². The summed E-state index contributed by atoms with van der Waals surface area (Å²) in [5, 5.41) is 3.30. The van der Waals surface area contributed by atoms with E-state index in [2.05, 4.69) is 33.4 Å². The van der Waals surface area contributed by atoms with E-state index in [9.17, 15) is 2.74 Å². The molecule has 0 fully saturated rings. The number of fused-ring (bicyclic) bond motifs is 7. The lowest BCUT2D eigenvalue weighted by atomic mass is 9.92. The molecule has 9 aromatic rings. The molecule has 3 aromatic heterocycles. The summed E-state index contributed by atoms with van der Waals surface area (Å²) < 4.78 is 62.3. The third-order valence-electron chi connectivity index (χ3n) is 10.2. The number of rotatable bonds is 5. The van der Waals surface area contributed by atoms with Crippen LogP contribution in [0, 0.1) is 13.8 Å². The molecular formula is C46H41N2O2+. The van der Waals surface area contributed by atoms with E-state index in [4.69, 9.17) is 12.9 Å². The number of hydrogen-bond donors (Lipinski definition) is 0. The highest BCUT2D eigenvalue weighted by molar-refractivity contribution is 6.14. The van der Waals surface area contributed by atoms with Gasteiger partial charge in [0.25, 0.3) is 5.82 Å². The van der Waals surface area contributed by atoms with Crippen LogP contribution in [-0.4, -0.2) is 4.57 Å². The van der Waals surface area contributed by atoms with E-state index in [1.165, 1.54) is 0 Å². The zero-order chi connectivity index (χ0) is 38.8. The molecule has 9 rings (SSSR count). The van der Waals surface area contributed by atoms with Gasteiger partial charge in [-0.15, -0.1) is 0 Å². The van der Waals surface area contributed by atoms with Crippen LogP contribution < -0.4 is 4.57 Å². The van der Waals surface area contributed by atoms with Crippen LogP contribution >= 0.6 is 0 Å². The highest BCUT2D eigenvalue weighted by Crippen LogP contribution is 2.44. The summed E-state index contributed by atoms with van der Waals surface area (Å²) in [4.78, 5) is 0. The van der Waals surface area contributed by atoms with Gasteiger partial charge in [-0.25, -0.2) is 4.57 Å². The van der Waals surface area contributed by atoms with E-state index >= 15 is 0 Å². The summed E-state index contributed by atoms with van der Waals surface area (Å²) in [6.07, 6.45) is 0. The monoisotopic (exact) mass is 658 g/mol. The lowest BCUT2D eigenvalue weighted by Gasteiger charge is -2.18. The Bertz CT molecular complexity index is 2990. The van der Waals surface area contributed by atoms with Crippen LogP contribution in [0.25, 0.3) is 83.1 Å². The molecule has 246 valence electrons. The SMILES string of the molecule is [2H]C([2H])([2H])c1cc(C)c(-c2n(-c3c(C([2H])(C)C)cccc3C([2H])(C)C)c3ccccc3[n+]2C)c2oc3cc(-c4cccc5c4oc4ccccc45)ccc3c12. The Hall–Kier alpha value is -5.61. The highest BCUT2D eigenvalue weighted by atomic mass is 16.3. The Labute approximate surface area is 299 Å². The molecule has 0 saturated carbocycles. The van der Waals surface area contributed by atoms with Crippen molar-refractivity contribution >= 4 is 54.9 Å². The molecule has 50 heavy (non-hydrogen) atoms. The first-order chi connectivity index (χ1) is 26.0. The van der Waals surface area contributed by atoms with Gasteiger partial charge in [-0.05, 0) is 72.6 Å². The first-order valence-corrected chi connectivity index (χ1v) is 17.1. The van der Waals surface area contributed by atoms with Gasteiger partial charge in [-0.3, -0.25) is 0 Å². The molecule has 4 heteroatoms. The molecule has 0 saturated heterocycles. The summed E-state index contributed by atoms with van der Waals surface area (Å²) in [7, 11) is 2.01. The average molecular weight is 659 g/mol. The van der Waals surface area contributed by atoms with Crippen LogP contribution in [0.1, 0.15) is 68.6 Å². The van der Waals surface area contributed by atoms with Crippen molar-refractivity contribution in [2.24, 2.45) is 7.05 Å². The fourth-order valence-electron chi connectivity index (χ4n) is 7.91. The zero-order valence-electron chi connectivity index (χ0n) is 34.1. The predicted molar refractivity (Wildman–Crippen MR) is 208 cm³/mol. The van der Waals surface area contributed by atoms with Crippen molar-refractivity contribution < 1.29 is 20.3 Å². The summed E-state index contributed by atoms with van der Waals surface area (Å²) in [6.45, 7) is 6.99. The quantitative estimate of drug-likeness (QED) is 0.173. The molecule has 0 unspecified atom stereocenters. The second kappa shape index (κ2) is 11.2. The molecule has 0 atom stereocenters. The minimum atomic E-state index is -2.42. The third kappa shape index (κ3) is 4.34. The minimum absolute atomic E-state index is 0.223. The van der Waals surface area contributed by atoms with Gasteiger partial charge in [0.1, 0.15) is 28.0 Å². The minimum Gasteiger partial charge on any atom is -0.455 e. The molecule has 0 N–H and O–H groups in total. The van der Waals surface area contributed by atoms with Crippen molar-refractivity contribution in [1.29, 1.82) is 0 Å². The smallest absolute Gasteiger partial charge is 0.299 e. The average Bonchev–Trinajstić information content (AvgIpc) is 3.79. The predicted octanol–water partition coefficient (Wildman–Crippen LogP) is 12.5. The van der Waals surface area contributed by atoms with E-state index in [-0.39, 0.29) is 5.56 Å². The molecule has 0 bridgehead atoms. The fourth-order valence-corrected chi connectivity index (χ4v) is 7.91. The summed E-state index contributed by atoms with van der Waals surface area (Å²) in [5.41, 5.74) is 10.3. The Balaban J connectivity index is 1.40. The lowest BCUT2D eigenvalue weighted by molar-refractivity contribution is -0.633. The normalized spacial score (nSPS) is 14.4. The number of nitrogens with zero attached hydrogens (tertiary/aromatic N) is 2. The first-order valence-electron chi connectivity index (χ1n) is 19.6. The number of furan rings is 2. The lowest BCUT2D eigenvalue weighted by Crippen LogP contribution is -2.30. The van der Waals surface area contributed by atoms with Crippen LogP contribution in [0.5, 0.6) is 0 Å². The van der Waals surface area contributed by atoms with Crippen molar-refractivity contribution in [1.82, 2.24) is 4.57 Å². The number of aromatic nitrogens is 2. The van der Waals surface area contributed by atoms with E-state index in [0.717, 1.165) is 77.9 Å². The van der Waals surface area contributed by atoms with Gasteiger partial charge in [0, 0.05) is 45.1 Å². The molecular weight excluding hydrogens is 613 g/mol. The Morgan fingerprint density at radius 1 is 0.680 bits per heavy atom. The maximum absolute atomic E-state index is 9.30. The number of para-hydroxylation sites is 5.